The molecule has 0 atom stereocenters. The second-order valence-electron chi connectivity index (χ2n) is 4.14. The summed E-state index contributed by atoms with van der Waals surface area (Å²) >= 11 is 0. The molecule has 2 aromatic heterocycles. The van der Waals surface area contributed by atoms with Gasteiger partial charge in [-0.2, -0.15) is 0 Å². The summed E-state index contributed by atoms with van der Waals surface area (Å²) < 4.78 is 32.0. The van der Waals surface area contributed by atoms with E-state index in [1.54, 1.807) is 7.05 Å². The van der Waals surface area contributed by atoms with Crippen LogP contribution in [0.15, 0.2) is 12.1 Å². The van der Waals surface area contributed by atoms with Crippen LogP contribution in [0.2, 0.25) is 0 Å². The third-order valence-corrected chi connectivity index (χ3v) is 2.68. The predicted octanol–water partition coefficient (Wildman–Crippen LogP) is 1.23. The van der Waals surface area contributed by atoms with Crippen molar-refractivity contribution in [3.63, 3.8) is 0 Å². The summed E-state index contributed by atoms with van der Waals surface area (Å²) in [5.74, 6) is -1.03. The third-order valence-electron chi connectivity index (χ3n) is 2.68. The van der Waals surface area contributed by atoms with Gasteiger partial charge in [0.05, 0.1) is 18.0 Å². The number of aryl methyl sites for hydroxylation is 1. The highest BCUT2D eigenvalue weighted by Crippen LogP contribution is 2.30. The minimum Gasteiger partial charge on any atom is -0.425 e. The van der Waals surface area contributed by atoms with Gasteiger partial charge in [-0.15, -0.1) is 5.10 Å². The molecule has 1 N–H and O–H groups in total. The van der Waals surface area contributed by atoms with Crippen LogP contribution in [0.5, 0.6) is 5.75 Å². The van der Waals surface area contributed by atoms with Crippen LogP contribution >= 0.6 is 0 Å². The minimum atomic E-state index is -2.92. The summed E-state index contributed by atoms with van der Waals surface area (Å²) in [7, 11) is 1.56. The Kier molecular flexibility index (Phi) is 4.22. The van der Waals surface area contributed by atoms with Gasteiger partial charge in [-0.25, -0.2) is 18.4 Å². The molecule has 0 amide bonds. The van der Waals surface area contributed by atoms with Crippen molar-refractivity contribution in [2.75, 3.05) is 0 Å². The Labute approximate surface area is 118 Å². The Morgan fingerprint density at radius 2 is 2.19 bits per heavy atom. The van der Waals surface area contributed by atoms with E-state index >= 15 is 0 Å². The van der Waals surface area contributed by atoms with Crippen LogP contribution in [0.25, 0.3) is 11.4 Å². The zero-order valence-corrected chi connectivity index (χ0v) is 11.2. The van der Waals surface area contributed by atoms with E-state index in [1.807, 2.05) is 0 Å². The van der Waals surface area contributed by atoms with Gasteiger partial charge in [-0.3, -0.25) is 4.79 Å². The van der Waals surface area contributed by atoms with E-state index in [1.165, 1.54) is 16.8 Å². The molecule has 112 valence electrons. The van der Waals surface area contributed by atoms with E-state index in [0.29, 0.717) is 5.69 Å². The number of carbonyl (C=O) groups is 1. The first-order valence-electron chi connectivity index (χ1n) is 5.91. The first-order valence-corrected chi connectivity index (χ1v) is 5.91. The Hall–Kier alpha value is -2.42. The Bertz CT molecular complexity index is 673. The summed E-state index contributed by atoms with van der Waals surface area (Å²) in [6, 6.07) is 2.58. The summed E-state index contributed by atoms with van der Waals surface area (Å²) in [6.07, 6.45) is -2.92. The zero-order valence-electron chi connectivity index (χ0n) is 11.2. The number of aromatic nitrogens is 4. The van der Waals surface area contributed by atoms with Gasteiger partial charge < -0.3 is 9.84 Å². The van der Waals surface area contributed by atoms with Gasteiger partial charge in [0, 0.05) is 14.0 Å². The SMILES string of the molecule is CC(=O)Oc1ccc(-c2nnn(C)c2CO)nc1C(F)F. The van der Waals surface area contributed by atoms with Gasteiger partial charge in [-0.05, 0) is 12.1 Å². The lowest BCUT2D eigenvalue weighted by Crippen LogP contribution is -2.06. The molecule has 0 fully saturated rings. The van der Waals surface area contributed by atoms with Crippen molar-refractivity contribution in [1.29, 1.82) is 0 Å². The smallest absolute Gasteiger partial charge is 0.308 e. The highest BCUT2D eigenvalue weighted by atomic mass is 19.3. The van der Waals surface area contributed by atoms with Gasteiger partial charge in [0.15, 0.2) is 5.75 Å². The topological polar surface area (TPSA) is 90.1 Å². The van der Waals surface area contributed by atoms with Crippen molar-refractivity contribution in [2.45, 2.75) is 20.0 Å². The number of rotatable bonds is 4. The van der Waals surface area contributed by atoms with Crippen molar-refractivity contribution in [3.05, 3.63) is 23.5 Å². The summed E-state index contributed by atoms with van der Waals surface area (Å²) in [4.78, 5) is 14.7. The fourth-order valence-corrected chi connectivity index (χ4v) is 1.74. The van der Waals surface area contributed by atoms with E-state index in [4.69, 9.17) is 0 Å². The van der Waals surface area contributed by atoms with Crippen molar-refractivity contribution in [3.8, 4) is 17.1 Å². The number of halogens is 2. The molecule has 0 aliphatic carbocycles. The van der Waals surface area contributed by atoms with Gasteiger partial charge >= 0.3 is 5.97 Å². The fourth-order valence-electron chi connectivity index (χ4n) is 1.74. The molecule has 0 aliphatic heterocycles. The molecular weight excluding hydrogens is 286 g/mol. The molecule has 2 aromatic rings. The number of nitrogens with zero attached hydrogens (tertiary/aromatic N) is 4. The molecule has 0 aliphatic rings. The first kappa shape index (κ1) is 15.0. The number of esters is 1. The molecule has 0 unspecified atom stereocenters. The van der Waals surface area contributed by atoms with Gasteiger partial charge in [0.1, 0.15) is 11.4 Å². The molecule has 0 saturated heterocycles. The number of alkyl halides is 2. The molecule has 21 heavy (non-hydrogen) atoms. The third kappa shape index (κ3) is 3.02. The number of hydrogen-bond acceptors (Lipinski definition) is 6. The van der Waals surface area contributed by atoms with Crippen LogP contribution < -0.4 is 4.74 Å². The maximum atomic E-state index is 13.0. The monoisotopic (exact) mass is 298 g/mol. The molecule has 9 heteroatoms. The number of aliphatic hydroxyl groups excluding tert-OH is 1. The van der Waals surface area contributed by atoms with Crippen LogP contribution in [-0.4, -0.2) is 31.1 Å². The quantitative estimate of drug-likeness (QED) is 0.854. The van der Waals surface area contributed by atoms with Crippen molar-refractivity contribution in [1.82, 2.24) is 20.0 Å². The Morgan fingerprint density at radius 3 is 2.76 bits per heavy atom. The molecule has 0 aromatic carbocycles. The van der Waals surface area contributed by atoms with Crippen molar-refractivity contribution >= 4 is 5.97 Å². The molecule has 7 nitrogen and oxygen atoms in total. The molecule has 0 bridgehead atoms. The Balaban J connectivity index is 2.51. The van der Waals surface area contributed by atoms with Crippen molar-refractivity contribution < 1.29 is 23.4 Å². The van der Waals surface area contributed by atoms with Crippen LogP contribution in [0.3, 0.4) is 0 Å². The largest absolute Gasteiger partial charge is 0.425 e. The number of pyridine rings is 1. The summed E-state index contributed by atoms with van der Waals surface area (Å²) in [5, 5.41) is 16.7. The number of aliphatic hydroxyl groups is 1. The number of hydrogen-bond donors (Lipinski definition) is 1. The summed E-state index contributed by atoms with van der Waals surface area (Å²) in [6.45, 7) is 0.742. The molecule has 2 heterocycles. The Morgan fingerprint density at radius 1 is 1.48 bits per heavy atom. The average Bonchev–Trinajstić information content (AvgIpc) is 2.79. The van der Waals surface area contributed by atoms with E-state index in [2.05, 4.69) is 20.0 Å². The second-order valence-corrected chi connectivity index (χ2v) is 4.14. The maximum absolute atomic E-state index is 13.0. The highest BCUT2D eigenvalue weighted by molar-refractivity contribution is 5.70. The van der Waals surface area contributed by atoms with Crippen LogP contribution in [0.4, 0.5) is 8.78 Å². The fraction of sp³-hybridized carbons (Fsp3) is 0.333. The maximum Gasteiger partial charge on any atom is 0.308 e. The molecular formula is C12H12F2N4O3. The van der Waals surface area contributed by atoms with Crippen LogP contribution in [-0.2, 0) is 18.4 Å². The molecule has 2 rings (SSSR count). The lowest BCUT2D eigenvalue weighted by Gasteiger charge is -2.09. The van der Waals surface area contributed by atoms with E-state index < -0.39 is 18.1 Å². The molecule has 0 radical (unpaired) electrons. The normalized spacial score (nSPS) is 11.0. The zero-order chi connectivity index (χ0) is 15.6. The van der Waals surface area contributed by atoms with Crippen LogP contribution in [0.1, 0.15) is 24.7 Å². The standard InChI is InChI=1S/C12H12F2N4O3/c1-6(20)21-9-4-3-7(15-11(9)12(13)14)10-8(5-19)18(2)17-16-10/h3-4,12,19H,5H2,1-2H3. The first-order chi connectivity index (χ1) is 9.93. The lowest BCUT2D eigenvalue weighted by molar-refractivity contribution is -0.132. The number of ether oxygens (including phenoxy) is 1. The molecule has 0 spiro atoms. The van der Waals surface area contributed by atoms with Crippen LogP contribution in [0, 0.1) is 0 Å². The molecule has 0 saturated carbocycles. The number of carbonyl (C=O) groups excluding carboxylic acids is 1. The van der Waals surface area contributed by atoms with Gasteiger partial charge in [0.2, 0.25) is 0 Å². The van der Waals surface area contributed by atoms with Crippen molar-refractivity contribution in [2.24, 2.45) is 7.05 Å². The lowest BCUT2D eigenvalue weighted by atomic mass is 10.2. The minimum absolute atomic E-state index is 0.110. The highest BCUT2D eigenvalue weighted by Gasteiger charge is 2.21. The predicted molar refractivity (Wildman–Crippen MR) is 66.4 cm³/mol. The average molecular weight is 298 g/mol. The van der Waals surface area contributed by atoms with Gasteiger partial charge in [0.25, 0.3) is 6.43 Å². The summed E-state index contributed by atoms with van der Waals surface area (Å²) in [5.41, 5.74) is -0.0326. The van der Waals surface area contributed by atoms with Gasteiger partial charge in [-0.1, -0.05) is 5.21 Å². The van der Waals surface area contributed by atoms with E-state index in [9.17, 15) is 18.7 Å². The van der Waals surface area contributed by atoms with E-state index in [0.717, 1.165) is 6.92 Å². The van der Waals surface area contributed by atoms with E-state index in [-0.39, 0.29) is 23.7 Å². The second kappa shape index (κ2) is 5.92.